The fraction of sp³-hybridized carbons (Fsp3) is 0.263. The summed E-state index contributed by atoms with van der Waals surface area (Å²) < 4.78 is 0. The molecular weight excluding hydrogens is 300 g/mol. The fourth-order valence-corrected chi connectivity index (χ4v) is 2.72. The maximum atomic E-state index is 12.6. The molecule has 0 aliphatic carbocycles. The highest BCUT2D eigenvalue weighted by Crippen LogP contribution is 2.18. The van der Waals surface area contributed by atoms with Crippen molar-refractivity contribution in [3.8, 4) is 0 Å². The minimum Gasteiger partial charge on any atom is -0.349 e. The zero-order chi connectivity index (χ0) is 17.1. The van der Waals surface area contributed by atoms with Crippen LogP contribution in [0.5, 0.6) is 0 Å². The number of nitrogens with one attached hydrogen (secondary N) is 1. The monoisotopic (exact) mass is 320 g/mol. The van der Waals surface area contributed by atoms with Crippen LogP contribution in [0.1, 0.15) is 34.2 Å². The van der Waals surface area contributed by atoms with Gasteiger partial charge in [0.25, 0.3) is 5.91 Å². The molecule has 1 atom stereocenters. The van der Waals surface area contributed by atoms with Crippen molar-refractivity contribution in [3.05, 3.63) is 65.4 Å². The van der Waals surface area contributed by atoms with E-state index >= 15 is 0 Å². The van der Waals surface area contributed by atoms with E-state index in [-0.39, 0.29) is 11.9 Å². The minimum absolute atomic E-state index is 0.0400. The van der Waals surface area contributed by atoms with E-state index in [1.807, 2.05) is 45.0 Å². The summed E-state index contributed by atoms with van der Waals surface area (Å²) in [5, 5.41) is 4.00. The van der Waals surface area contributed by atoms with Gasteiger partial charge in [0.2, 0.25) is 0 Å². The van der Waals surface area contributed by atoms with Crippen LogP contribution in [-0.2, 0) is 6.42 Å². The predicted octanol–water partition coefficient (Wildman–Crippen LogP) is 3.00. The molecule has 0 bridgehead atoms. The summed E-state index contributed by atoms with van der Waals surface area (Å²) in [5.41, 5.74) is 4.25. The summed E-state index contributed by atoms with van der Waals surface area (Å²) in [6.07, 6.45) is 5.65. The molecule has 1 amide bonds. The quantitative estimate of drug-likeness (QED) is 0.802. The number of carbonyl (C=O) groups excluding carboxylic acids is 1. The predicted molar refractivity (Wildman–Crippen MR) is 93.9 cm³/mol. The summed E-state index contributed by atoms with van der Waals surface area (Å²) >= 11 is 0. The molecule has 3 aromatic rings. The zero-order valence-corrected chi connectivity index (χ0v) is 14.1. The largest absolute Gasteiger partial charge is 0.349 e. The van der Waals surface area contributed by atoms with Crippen LogP contribution in [0.2, 0.25) is 0 Å². The molecular formula is C19H20N4O. The highest BCUT2D eigenvalue weighted by molar-refractivity contribution is 5.98. The Hall–Kier alpha value is -2.82. The van der Waals surface area contributed by atoms with Crippen molar-refractivity contribution in [1.82, 2.24) is 20.3 Å². The molecule has 0 saturated heterocycles. The summed E-state index contributed by atoms with van der Waals surface area (Å²) in [4.78, 5) is 25.4. The third-order valence-corrected chi connectivity index (χ3v) is 3.91. The number of hydrogen-bond donors (Lipinski definition) is 1. The van der Waals surface area contributed by atoms with E-state index < -0.39 is 0 Å². The third-order valence-electron chi connectivity index (χ3n) is 3.91. The van der Waals surface area contributed by atoms with Crippen LogP contribution in [0, 0.1) is 13.8 Å². The van der Waals surface area contributed by atoms with Crippen molar-refractivity contribution in [2.75, 3.05) is 0 Å². The number of nitrogens with zero attached hydrogens (tertiary/aromatic N) is 3. The number of amides is 1. The molecule has 0 spiro atoms. The molecule has 122 valence electrons. The average Bonchev–Trinajstić information content (AvgIpc) is 2.55. The summed E-state index contributed by atoms with van der Waals surface area (Å²) in [7, 11) is 0. The van der Waals surface area contributed by atoms with Gasteiger partial charge in [0, 0.05) is 36.4 Å². The third kappa shape index (κ3) is 3.56. The highest BCUT2D eigenvalue weighted by Gasteiger charge is 2.15. The maximum Gasteiger partial charge on any atom is 0.253 e. The molecule has 1 N–H and O–H groups in total. The first-order valence-electron chi connectivity index (χ1n) is 7.96. The van der Waals surface area contributed by atoms with E-state index in [0.29, 0.717) is 12.0 Å². The highest BCUT2D eigenvalue weighted by atomic mass is 16.1. The Balaban J connectivity index is 1.79. The van der Waals surface area contributed by atoms with E-state index in [2.05, 4.69) is 20.3 Å². The van der Waals surface area contributed by atoms with Crippen LogP contribution in [0.15, 0.2) is 42.9 Å². The van der Waals surface area contributed by atoms with Gasteiger partial charge in [-0.05, 0) is 39.0 Å². The van der Waals surface area contributed by atoms with Gasteiger partial charge >= 0.3 is 0 Å². The second kappa shape index (κ2) is 6.74. The number of rotatable bonds is 4. The van der Waals surface area contributed by atoms with Gasteiger partial charge in [-0.25, -0.2) is 0 Å². The van der Waals surface area contributed by atoms with Gasteiger partial charge < -0.3 is 5.32 Å². The standard InChI is InChI=1S/C19H20N4O/c1-12-4-5-18-15(8-12)10-17(14(3)23-18)19(24)22-13(2)9-16-11-20-6-7-21-16/h4-8,10-11,13H,9H2,1-3H3,(H,22,24). The Labute approximate surface area is 141 Å². The molecule has 0 aliphatic rings. The first kappa shape index (κ1) is 16.1. The van der Waals surface area contributed by atoms with E-state index in [0.717, 1.165) is 27.9 Å². The molecule has 0 aliphatic heterocycles. The SMILES string of the molecule is Cc1ccc2nc(C)c(C(=O)NC(C)Cc3cnccn3)cc2c1. The average molecular weight is 320 g/mol. The van der Waals surface area contributed by atoms with Crippen LogP contribution < -0.4 is 5.32 Å². The first-order chi connectivity index (χ1) is 11.5. The van der Waals surface area contributed by atoms with Gasteiger partial charge in [-0.3, -0.25) is 19.7 Å². The van der Waals surface area contributed by atoms with Gasteiger partial charge in [0.05, 0.1) is 22.5 Å². The molecule has 0 radical (unpaired) electrons. The van der Waals surface area contributed by atoms with Crippen molar-refractivity contribution in [1.29, 1.82) is 0 Å². The molecule has 1 aromatic carbocycles. The first-order valence-corrected chi connectivity index (χ1v) is 7.96. The zero-order valence-electron chi connectivity index (χ0n) is 14.1. The van der Waals surface area contributed by atoms with Crippen molar-refractivity contribution in [2.45, 2.75) is 33.2 Å². The molecule has 2 heterocycles. The summed E-state index contributed by atoms with van der Waals surface area (Å²) in [5.74, 6) is -0.111. The molecule has 0 saturated carbocycles. The lowest BCUT2D eigenvalue weighted by molar-refractivity contribution is 0.0939. The van der Waals surface area contributed by atoms with Gasteiger partial charge in [0.1, 0.15) is 0 Å². The van der Waals surface area contributed by atoms with Crippen molar-refractivity contribution < 1.29 is 4.79 Å². The Morgan fingerprint density at radius 1 is 1.21 bits per heavy atom. The lowest BCUT2D eigenvalue weighted by atomic mass is 10.1. The van der Waals surface area contributed by atoms with E-state index in [4.69, 9.17) is 0 Å². The topological polar surface area (TPSA) is 67.8 Å². The maximum absolute atomic E-state index is 12.6. The van der Waals surface area contributed by atoms with Gasteiger partial charge in [-0.1, -0.05) is 11.6 Å². The number of carbonyl (C=O) groups is 1. The van der Waals surface area contributed by atoms with Crippen LogP contribution in [-0.4, -0.2) is 26.9 Å². The molecule has 1 unspecified atom stereocenters. The summed E-state index contributed by atoms with van der Waals surface area (Å²) in [6, 6.07) is 7.92. The Bertz CT molecular complexity index is 877. The second-order valence-corrected chi connectivity index (χ2v) is 6.09. The number of benzene rings is 1. The molecule has 3 rings (SSSR count). The van der Waals surface area contributed by atoms with Gasteiger partial charge in [-0.2, -0.15) is 0 Å². The van der Waals surface area contributed by atoms with Gasteiger partial charge in [-0.15, -0.1) is 0 Å². The van der Waals surface area contributed by atoms with Crippen LogP contribution in [0.4, 0.5) is 0 Å². The minimum atomic E-state index is -0.111. The summed E-state index contributed by atoms with van der Waals surface area (Å²) in [6.45, 7) is 5.85. The smallest absolute Gasteiger partial charge is 0.253 e. The number of hydrogen-bond acceptors (Lipinski definition) is 4. The molecule has 5 nitrogen and oxygen atoms in total. The fourth-order valence-electron chi connectivity index (χ4n) is 2.72. The van der Waals surface area contributed by atoms with E-state index in [1.165, 1.54) is 0 Å². The van der Waals surface area contributed by atoms with Crippen LogP contribution >= 0.6 is 0 Å². The van der Waals surface area contributed by atoms with Crippen molar-refractivity contribution in [3.63, 3.8) is 0 Å². The number of aryl methyl sites for hydroxylation is 2. The Kier molecular flexibility index (Phi) is 4.51. The lowest BCUT2D eigenvalue weighted by Crippen LogP contribution is -2.34. The number of aromatic nitrogens is 3. The lowest BCUT2D eigenvalue weighted by Gasteiger charge is -2.15. The van der Waals surface area contributed by atoms with Crippen molar-refractivity contribution >= 4 is 16.8 Å². The second-order valence-electron chi connectivity index (χ2n) is 6.09. The Morgan fingerprint density at radius 2 is 2.04 bits per heavy atom. The Morgan fingerprint density at radius 3 is 2.79 bits per heavy atom. The molecule has 0 fully saturated rings. The van der Waals surface area contributed by atoms with E-state index in [9.17, 15) is 4.79 Å². The molecule has 24 heavy (non-hydrogen) atoms. The van der Waals surface area contributed by atoms with E-state index in [1.54, 1.807) is 18.6 Å². The van der Waals surface area contributed by atoms with Crippen LogP contribution in [0.25, 0.3) is 10.9 Å². The normalized spacial score (nSPS) is 12.1. The number of pyridine rings is 1. The molecule has 5 heteroatoms. The van der Waals surface area contributed by atoms with Crippen LogP contribution in [0.3, 0.4) is 0 Å². The molecule has 2 aromatic heterocycles. The van der Waals surface area contributed by atoms with Crippen molar-refractivity contribution in [2.24, 2.45) is 0 Å². The number of fused-ring (bicyclic) bond motifs is 1. The van der Waals surface area contributed by atoms with Gasteiger partial charge in [0.15, 0.2) is 0 Å².